The molecule has 2 aromatic heterocycles. The number of aliphatic hydroxyl groups excluding tert-OH is 2. The van der Waals surface area contributed by atoms with E-state index in [1.54, 1.807) is 29.0 Å². The van der Waals surface area contributed by atoms with Crippen molar-refractivity contribution in [3.8, 4) is 11.1 Å². The third-order valence-corrected chi connectivity index (χ3v) is 12.8. The molecule has 2 unspecified atom stereocenters. The molecule has 2 aromatic carbocycles. The number of primary amides is 1. The Bertz CT molecular complexity index is 2790. The minimum atomic E-state index is -1.71. The lowest BCUT2D eigenvalue weighted by Gasteiger charge is -2.41. The molecule has 0 spiro atoms. The number of pyridine rings is 1. The lowest BCUT2D eigenvalue weighted by Crippen LogP contribution is -2.58. The van der Waals surface area contributed by atoms with Gasteiger partial charge >= 0.3 is 0 Å². The number of nitrogens with two attached hydrogens (primary N) is 1. The molecular formula is C59H83F2N11O10. The van der Waals surface area contributed by atoms with Crippen molar-refractivity contribution in [1.29, 1.82) is 0 Å². The Morgan fingerprint density at radius 1 is 0.756 bits per heavy atom. The summed E-state index contributed by atoms with van der Waals surface area (Å²) in [5.41, 5.74) is 6.33. The molecule has 82 heavy (non-hydrogen) atoms. The summed E-state index contributed by atoms with van der Waals surface area (Å²) in [6.45, 7) is 18.1. The van der Waals surface area contributed by atoms with E-state index in [2.05, 4.69) is 48.8 Å². The van der Waals surface area contributed by atoms with Crippen LogP contribution in [-0.4, -0.2) is 135 Å². The minimum absolute atomic E-state index is 0.0381. The molecule has 21 nitrogen and oxygen atoms in total. The van der Waals surface area contributed by atoms with Crippen molar-refractivity contribution in [2.75, 3.05) is 39.3 Å². The first-order valence-electron chi connectivity index (χ1n) is 27.3. The van der Waals surface area contributed by atoms with E-state index in [0.717, 1.165) is 23.8 Å². The summed E-state index contributed by atoms with van der Waals surface area (Å²) in [4.78, 5) is 112. The number of aromatic nitrogens is 2. The second-order valence-corrected chi connectivity index (χ2v) is 21.5. The van der Waals surface area contributed by atoms with E-state index in [-0.39, 0.29) is 68.4 Å². The van der Waals surface area contributed by atoms with Gasteiger partial charge in [-0.25, -0.2) is 8.78 Å². The van der Waals surface area contributed by atoms with Crippen molar-refractivity contribution in [1.82, 2.24) is 51.7 Å². The third kappa shape index (κ3) is 23.2. The van der Waals surface area contributed by atoms with E-state index in [1.807, 2.05) is 85.7 Å². The van der Waals surface area contributed by atoms with E-state index < -0.39 is 114 Å². The molecule has 0 aliphatic carbocycles. The number of halogens is 2. The molecular weight excluding hydrogens is 1060 g/mol. The molecule has 0 aliphatic rings. The zero-order valence-corrected chi connectivity index (χ0v) is 48.5. The number of nitrogens with zero attached hydrogens (tertiary/aromatic N) is 3. The maximum Gasteiger partial charge on any atom is 0.248 e. The molecule has 0 radical (unpaired) electrons. The van der Waals surface area contributed by atoms with Gasteiger partial charge in [0.1, 0.15) is 36.4 Å². The number of allylic oxidation sites excluding steroid dienone is 1. The predicted molar refractivity (Wildman–Crippen MR) is 307 cm³/mol. The molecule has 0 saturated carbocycles. The number of benzene rings is 2. The molecule has 2 heterocycles. The van der Waals surface area contributed by atoms with Crippen LogP contribution in [0.1, 0.15) is 111 Å². The number of hydrogen-bond acceptors (Lipinski definition) is 12. The van der Waals surface area contributed by atoms with Crippen LogP contribution in [-0.2, 0) is 51.3 Å². The first-order chi connectivity index (χ1) is 38.7. The first kappa shape index (κ1) is 68.2. The molecule has 11 N–H and O–H groups in total. The van der Waals surface area contributed by atoms with Crippen molar-refractivity contribution < 1.29 is 57.4 Å². The smallest absolute Gasteiger partial charge is 0.248 e. The molecule has 0 fully saturated rings. The zero-order valence-electron chi connectivity index (χ0n) is 48.5. The van der Waals surface area contributed by atoms with Crippen LogP contribution in [0, 0.1) is 23.0 Å². The predicted octanol–water partition coefficient (Wildman–Crippen LogP) is 4.00. The van der Waals surface area contributed by atoms with Gasteiger partial charge in [-0.05, 0) is 92.5 Å². The van der Waals surface area contributed by atoms with Crippen molar-refractivity contribution in [2.45, 2.75) is 131 Å². The van der Waals surface area contributed by atoms with Crippen LogP contribution in [0.15, 0.2) is 97.7 Å². The Morgan fingerprint density at radius 3 is 2.02 bits per heavy atom. The van der Waals surface area contributed by atoms with Crippen LogP contribution >= 0.6 is 0 Å². The number of carbonyl (C=O) groups excluding carboxylic acids is 8. The number of rotatable bonds is 31. The highest BCUT2D eigenvalue weighted by atomic mass is 19.1. The van der Waals surface area contributed by atoms with Crippen molar-refractivity contribution >= 4 is 47.3 Å². The van der Waals surface area contributed by atoms with E-state index in [1.165, 1.54) is 24.2 Å². The number of hydrogen-bond donors (Lipinski definition) is 10. The molecule has 8 amide bonds. The Hall–Kier alpha value is -8.05. The normalized spacial score (nSPS) is 13.1. The molecule has 0 bridgehead atoms. The average Bonchev–Trinajstić information content (AvgIpc) is 3.91. The Morgan fingerprint density at radius 2 is 1.40 bits per heavy atom. The second kappa shape index (κ2) is 33.0. The Balaban J connectivity index is 0.00000872. The Labute approximate surface area is 479 Å². The van der Waals surface area contributed by atoms with Gasteiger partial charge < -0.3 is 62.6 Å². The van der Waals surface area contributed by atoms with E-state index in [4.69, 9.17) is 5.73 Å². The standard InChI is InChI=1S/C57H77F2N11O10.C2H6/c1-35(24-36(2)72)29-57(7,8)65-31-49(75)62-21-22-63-54(79)44(67-55(80)45(28-47(60)73)68-53(78)37(3)66-50(76)30-64-48(74)25-38-16-19-61-20-17-38)18-23-70(51(77)34-71)52(56(4,5)6)46-26-40(42-27-41(58)14-15-43(42)59)33-69(46)32-39-12-10-9-11-13-39;1-2/h9-17,19-20,26-27,33,35,37,44-45,52,65,71-72H,2,18,21-25,28-32,34H2,1,3-8H3,(H2,60,73)(H,62,75)(H,63,79)(H,64,74)(H,66,76)(H,67,80)(H,68,78);1-2H3/t35?,37-,44+,45+,52?;/m1./s1. The van der Waals surface area contributed by atoms with Crippen molar-refractivity contribution in [2.24, 2.45) is 17.1 Å². The maximum atomic E-state index is 15.4. The lowest BCUT2D eigenvalue weighted by atomic mass is 9.82. The fourth-order valence-corrected chi connectivity index (χ4v) is 9.21. The van der Waals surface area contributed by atoms with Gasteiger partial charge in [0.25, 0.3) is 0 Å². The van der Waals surface area contributed by atoms with Crippen molar-refractivity contribution in [3.63, 3.8) is 0 Å². The summed E-state index contributed by atoms with van der Waals surface area (Å²) in [5.74, 6) is -7.53. The summed E-state index contributed by atoms with van der Waals surface area (Å²) in [5, 5.41) is 38.5. The number of nitrogens with one attached hydrogen (secondary N) is 7. The average molecular weight is 1140 g/mol. The van der Waals surface area contributed by atoms with Gasteiger partial charge in [0.2, 0.25) is 47.3 Å². The van der Waals surface area contributed by atoms with Crippen LogP contribution in [0.2, 0.25) is 0 Å². The van der Waals surface area contributed by atoms with Gasteiger partial charge in [0.15, 0.2) is 0 Å². The highest BCUT2D eigenvalue weighted by Gasteiger charge is 2.39. The highest BCUT2D eigenvalue weighted by Crippen LogP contribution is 2.41. The molecule has 23 heteroatoms. The summed E-state index contributed by atoms with van der Waals surface area (Å²) < 4.78 is 31.9. The van der Waals surface area contributed by atoms with Crippen LogP contribution in [0.3, 0.4) is 0 Å². The van der Waals surface area contributed by atoms with Crippen LogP contribution in [0.4, 0.5) is 8.78 Å². The summed E-state index contributed by atoms with van der Waals surface area (Å²) in [6, 6.07) is 11.6. The third-order valence-electron chi connectivity index (χ3n) is 12.8. The van der Waals surface area contributed by atoms with Gasteiger partial charge in [-0.15, -0.1) is 0 Å². The first-order valence-corrected chi connectivity index (χ1v) is 27.3. The fraction of sp³-hybridized carbons (Fsp3) is 0.475. The van der Waals surface area contributed by atoms with Crippen LogP contribution in [0.25, 0.3) is 11.1 Å². The van der Waals surface area contributed by atoms with Gasteiger partial charge in [0, 0.05) is 73.6 Å². The number of carbonyl (C=O) groups is 8. The quantitative estimate of drug-likeness (QED) is 0.0253. The van der Waals surface area contributed by atoms with Gasteiger partial charge in [0.05, 0.1) is 37.7 Å². The number of amides is 8. The van der Waals surface area contributed by atoms with Crippen molar-refractivity contribution in [3.05, 3.63) is 126 Å². The molecule has 5 atom stereocenters. The summed E-state index contributed by atoms with van der Waals surface area (Å²) in [7, 11) is 0. The fourth-order valence-electron chi connectivity index (χ4n) is 9.21. The van der Waals surface area contributed by atoms with Gasteiger partial charge in [-0.3, -0.25) is 43.3 Å². The molecule has 4 aromatic rings. The second-order valence-electron chi connectivity index (χ2n) is 21.5. The lowest BCUT2D eigenvalue weighted by molar-refractivity contribution is -0.140. The molecule has 0 saturated heterocycles. The van der Waals surface area contributed by atoms with E-state index in [0.29, 0.717) is 24.1 Å². The van der Waals surface area contributed by atoms with Gasteiger partial charge in [-0.1, -0.05) is 78.5 Å². The summed E-state index contributed by atoms with van der Waals surface area (Å²) in [6.07, 6.45) is 4.50. The van der Waals surface area contributed by atoms with Crippen LogP contribution in [0.5, 0.6) is 0 Å². The molecule has 0 aliphatic heterocycles. The Kier molecular flexibility index (Phi) is 27.5. The summed E-state index contributed by atoms with van der Waals surface area (Å²) >= 11 is 0. The van der Waals surface area contributed by atoms with Crippen LogP contribution < -0.4 is 43.0 Å². The minimum Gasteiger partial charge on any atom is -0.513 e. The number of aliphatic hydroxyl groups is 2. The zero-order chi connectivity index (χ0) is 61.3. The van der Waals surface area contributed by atoms with E-state index in [9.17, 15) is 53.0 Å². The molecule has 4 rings (SSSR count). The maximum absolute atomic E-state index is 15.4. The molecule has 448 valence electrons. The largest absolute Gasteiger partial charge is 0.513 e. The topological polar surface area (TPSA) is 308 Å². The monoisotopic (exact) mass is 1140 g/mol. The van der Waals surface area contributed by atoms with Gasteiger partial charge in [-0.2, -0.15) is 0 Å². The highest BCUT2D eigenvalue weighted by molar-refractivity contribution is 5.96. The SMILES string of the molecule is C=C(O)CC(C)CC(C)(C)NCC(=O)NCCNC(=O)[C@H](CCN(C(=O)CO)C(c1cc(-c2cc(F)ccc2F)cn1Cc1ccccc1)C(C)(C)C)NC(=O)[C@H](CC(N)=O)NC(=O)[C@@H](C)NC(=O)CNC(=O)Cc1ccncc1.CC. The van der Waals surface area contributed by atoms with E-state index >= 15 is 4.39 Å².